The second-order valence-electron chi connectivity index (χ2n) is 4.22. The van der Waals surface area contributed by atoms with Crippen LogP contribution in [-0.2, 0) is 9.84 Å². The van der Waals surface area contributed by atoms with Crippen molar-refractivity contribution in [2.45, 2.75) is 4.90 Å². The number of carbonyl (C=O) groups is 1. The van der Waals surface area contributed by atoms with Gasteiger partial charge in [0.25, 0.3) is 5.56 Å². The molecule has 1 heterocycles. The number of aromatic carboxylic acids is 1. The first kappa shape index (κ1) is 14.0. The molecule has 0 bridgehead atoms. The molecule has 2 N–H and O–H groups in total. The second-order valence-corrected chi connectivity index (χ2v) is 6.23. The summed E-state index contributed by atoms with van der Waals surface area (Å²) in [6.07, 6.45) is 1.10. The minimum Gasteiger partial charge on any atom is -0.477 e. The van der Waals surface area contributed by atoms with Gasteiger partial charge in [0.2, 0.25) is 0 Å². The molecule has 0 aliphatic rings. The zero-order valence-electron chi connectivity index (χ0n) is 10.5. The first-order chi connectivity index (χ1) is 9.29. The van der Waals surface area contributed by atoms with E-state index in [-0.39, 0.29) is 10.5 Å². The van der Waals surface area contributed by atoms with Crippen LogP contribution < -0.4 is 5.56 Å². The molecule has 0 spiro atoms. The van der Waals surface area contributed by atoms with Crippen LogP contribution in [0.3, 0.4) is 0 Å². The highest BCUT2D eigenvalue weighted by atomic mass is 32.2. The minimum absolute atomic E-state index is 0.172. The molecule has 7 heteroatoms. The van der Waals surface area contributed by atoms with E-state index < -0.39 is 21.4 Å². The third-order valence-corrected chi connectivity index (χ3v) is 3.86. The number of aromatic nitrogens is 1. The molecule has 0 saturated carbocycles. The molecule has 0 aliphatic carbocycles. The monoisotopic (exact) mass is 293 g/mol. The van der Waals surface area contributed by atoms with E-state index in [0.29, 0.717) is 11.3 Å². The van der Waals surface area contributed by atoms with E-state index >= 15 is 0 Å². The van der Waals surface area contributed by atoms with Gasteiger partial charge in [0.15, 0.2) is 9.84 Å². The van der Waals surface area contributed by atoms with Crippen LogP contribution in [0.2, 0.25) is 0 Å². The molecule has 1 aromatic heterocycles. The highest BCUT2D eigenvalue weighted by Crippen LogP contribution is 2.18. The van der Waals surface area contributed by atoms with E-state index in [1.54, 1.807) is 12.1 Å². The Balaban J connectivity index is 2.45. The van der Waals surface area contributed by atoms with Gasteiger partial charge in [0.05, 0.1) is 4.90 Å². The van der Waals surface area contributed by atoms with Gasteiger partial charge >= 0.3 is 5.97 Å². The standard InChI is InChI=1S/C13H11NO5S/c1-20(18,19)9-4-2-8(3-5-9)11-7-6-10(13(16)17)12(15)14-11/h2-7H,1H3,(H,14,15)(H,16,17). The molecule has 0 aliphatic heterocycles. The van der Waals surface area contributed by atoms with E-state index in [4.69, 9.17) is 5.11 Å². The first-order valence-electron chi connectivity index (χ1n) is 5.56. The van der Waals surface area contributed by atoms with Gasteiger partial charge in [-0.25, -0.2) is 13.2 Å². The molecule has 0 amide bonds. The summed E-state index contributed by atoms with van der Waals surface area (Å²) >= 11 is 0. The Bertz CT molecular complexity index is 819. The minimum atomic E-state index is -3.28. The first-order valence-corrected chi connectivity index (χ1v) is 7.45. The number of aromatic amines is 1. The maximum atomic E-state index is 11.5. The van der Waals surface area contributed by atoms with Gasteiger partial charge in [-0.15, -0.1) is 0 Å². The van der Waals surface area contributed by atoms with Crippen LogP contribution in [0.4, 0.5) is 0 Å². The summed E-state index contributed by atoms with van der Waals surface area (Å²) in [7, 11) is -3.28. The quantitative estimate of drug-likeness (QED) is 0.883. The molecule has 0 fully saturated rings. The summed E-state index contributed by atoms with van der Waals surface area (Å²) in [5, 5.41) is 8.77. The summed E-state index contributed by atoms with van der Waals surface area (Å²) in [5.41, 5.74) is -0.0461. The van der Waals surface area contributed by atoms with Crippen LogP contribution in [0.15, 0.2) is 46.1 Å². The molecule has 20 heavy (non-hydrogen) atoms. The summed E-state index contributed by atoms with van der Waals surface area (Å²) in [5.74, 6) is -1.30. The number of rotatable bonds is 3. The molecule has 2 rings (SSSR count). The predicted molar refractivity (Wildman–Crippen MR) is 72.6 cm³/mol. The largest absolute Gasteiger partial charge is 0.477 e. The van der Waals surface area contributed by atoms with E-state index in [1.807, 2.05) is 0 Å². The highest BCUT2D eigenvalue weighted by molar-refractivity contribution is 7.90. The molecule has 0 radical (unpaired) electrons. The zero-order chi connectivity index (χ0) is 14.9. The number of pyridine rings is 1. The smallest absolute Gasteiger partial charge is 0.341 e. The average Bonchev–Trinajstić information content (AvgIpc) is 2.37. The molecule has 2 aromatic rings. The fourth-order valence-electron chi connectivity index (χ4n) is 1.69. The number of hydrogen-bond acceptors (Lipinski definition) is 4. The van der Waals surface area contributed by atoms with E-state index in [1.165, 1.54) is 24.3 Å². The Kier molecular flexibility index (Phi) is 3.46. The van der Waals surface area contributed by atoms with Gasteiger partial charge in [0, 0.05) is 11.9 Å². The van der Waals surface area contributed by atoms with Crippen LogP contribution in [0.5, 0.6) is 0 Å². The van der Waals surface area contributed by atoms with Crippen molar-refractivity contribution < 1.29 is 18.3 Å². The summed E-state index contributed by atoms with van der Waals surface area (Å²) in [4.78, 5) is 24.9. The van der Waals surface area contributed by atoms with Crippen LogP contribution in [0.25, 0.3) is 11.3 Å². The van der Waals surface area contributed by atoms with Crippen LogP contribution in [-0.4, -0.2) is 30.7 Å². The Labute approximate surface area is 114 Å². The van der Waals surface area contributed by atoms with Crippen molar-refractivity contribution in [3.8, 4) is 11.3 Å². The molecular formula is C13H11NO5S. The Hall–Kier alpha value is -2.41. The van der Waals surface area contributed by atoms with E-state index in [9.17, 15) is 18.0 Å². The third-order valence-electron chi connectivity index (χ3n) is 2.73. The summed E-state index contributed by atoms with van der Waals surface area (Å²) in [6.45, 7) is 0. The van der Waals surface area contributed by atoms with Crippen molar-refractivity contribution >= 4 is 15.8 Å². The van der Waals surface area contributed by atoms with Crippen molar-refractivity contribution in [3.63, 3.8) is 0 Å². The normalized spacial score (nSPS) is 11.2. The van der Waals surface area contributed by atoms with E-state index in [0.717, 1.165) is 6.26 Å². The van der Waals surface area contributed by atoms with Crippen molar-refractivity contribution in [3.05, 3.63) is 52.3 Å². The lowest BCUT2D eigenvalue weighted by molar-refractivity contribution is 0.0695. The molecule has 1 aromatic carbocycles. The van der Waals surface area contributed by atoms with Crippen molar-refractivity contribution in [2.24, 2.45) is 0 Å². The SMILES string of the molecule is CS(=O)(=O)c1ccc(-c2ccc(C(=O)O)c(=O)[nH]2)cc1. The molecule has 6 nitrogen and oxygen atoms in total. The fourth-order valence-corrected chi connectivity index (χ4v) is 2.32. The van der Waals surface area contributed by atoms with Gasteiger partial charge in [-0.05, 0) is 29.8 Å². The Morgan fingerprint density at radius 3 is 2.15 bits per heavy atom. The second kappa shape index (κ2) is 4.93. The Morgan fingerprint density at radius 2 is 1.70 bits per heavy atom. The predicted octanol–water partition coefficient (Wildman–Crippen LogP) is 1.14. The number of carboxylic acid groups (broad SMARTS) is 1. The molecular weight excluding hydrogens is 282 g/mol. The molecule has 104 valence electrons. The van der Waals surface area contributed by atoms with Gasteiger partial charge < -0.3 is 10.1 Å². The van der Waals surface area contributed by atoms with Gasteiger partial charge in [-0.3, -0.25) is 4.79 Å². The molecule has 0 saturated heterocycles. The van der Waals surface area contributed by atoms with Crippen molar-refractivity contribution in [1.29, 1.82) is 0 Å². The number of H-pyrrole nitrogens is 1. The third kappa shape index (κ3) is 2.77. The van der Waals surface area contributed by atoms with Gasteiger partial charge in [0.1, 0.15) is 5.56 Å². The number of hydrogen-bond donors (Lipinski definition) is 2. The number of sulfone groups is 1. The summed E-state index contributed by atoms with van der Waals surface area (Å²) < 4.78 is 22.7. The maximum absolute atomic E-state index is 11.5. The van der Waals surface area contributed by atoms with E-state index in [2.05, 4.69) is 4.98 Å². The lowest BCUT2D eigenvalue weighted by Crippen LogP contribution is -2.17. The van der Waals surface area contributed by atoms with Crippen molar-refractivity contribution in [1.82, 2.24) is 4.98 Å². The highest BCUT2D eigenvalue weighted by Gasteiger charge is 2.10. The average molecular weight is 293 g/mol. The number of benzene rings is 1. The van der Waals surface area contributed by atoms with Crippen LogP contribution in [0.1, 0.15) is 10.4 Å². The summed E-state index contributed by atoms with van der Waals surface area (Å²) in [6, 6.07) is 8.60. The fraction of sp³-hybridized carbons (Fsp3) is 0.0769. The van der Waals surface area contributed by atoms with Crippen LogP contribution >= 0.6 is 0 Å². The lowest BCUT2D eigenvalue weighted by atomic mass is 10.1. The number of carboxylic acids is 1. The van der Waals surface area contributed by atoms with Gasteiger partial charge in [-0.1, -0.05) is 12.1 Å². The topological polar surface area (TPSA) is 104 Å². The zero-order valence-corrected chi connectivity index (χ0v) is 11.3. The van der Waals surface area contributed by atoms with Crippen molar-refractivity contribution in [2.75, 3.05) is 6.26 Å². The number of nitrogens with one attached hydrogen (secondary N) is 1. The lowest BCUT2D eigenvalue weighted by Gasteiger charge is -2.04. The van der Waals surface area contributed by atoms with Crippen LogP contribution in [0, 0.1) is 0 Å². The maximum Gasteiger partial charge on any atom is 0.341 e. The Morgan fingerprint density at radius 1 is 1.10 bits per heavy atom. The molecule has 0 atom stereocenters. The van der Waals surface area contributed by atoms with Gasteiger partial charge in [-0.2, -0.15) is 0 Å². The molecule has 0 unspecified atom stereocenters.